The van der Waals surface area contributed by atoms with E-state index in [0.717, 1.165) is 6.07 Å². The quantitative estimate of drug-likeness (QED) is 0.770. The van der Waals surface area contributed by atoms with Crippen LogP contribution in [-0.4, -0.2) is 40.1 Å². The van der Waals surface area contributed by atoms with Crippen LogP contribution in [0, 0.1) is 0 Å². The largest absolute Gasteiger partial charge is 0.573 e. The fourth-order valence-electron chi connectivity index (χ4n) is 3.39. The van der Waals surface area contributed by atoms with Gasteiger partial charge in [0.15, 0.2) is 10.8 Å². The SMILES string of the molecule is CC1=C(CC(=O)O)C2=C(Cl)C(=O)CCC2N1C(=O)c1csc(OC(F)(F)F)c1. The summed E-state index contributed by atoms with van der Waals surface area (Å²) in [5.41, 5.74) is 0.844. The molecule has 1 amide bonds. The number of thiophene rings is 1. The number of carbonyl (C=O) groups excluding carboxylic acids is 2. The monoisotopic (exact) mass is 435 g/mol. The van der Waals surface area contributed by atoms with Crippen molar-refractivity contribution in [2.75, 3.05) is 0 Å². The van der Waals surface area contributed by atoms with Crippen LogP contribution in [0.1, 0.15) is 36.5 Å². The van der Waals surface area contributed by atoms with Gasteiger partial charge in [0.2, 0.25) is 0 Å². The number of hydrogen-bond acceptors (Lipinski definition) is 5. The fourth-order valence-corrected chi connectivity index (χ4v) is 4.47. The van der Waals surface area contributed by atoms with E-state index in [1.54, 1.807) is 0 Å². The Labute approximate surface area is 165 Å². The Morgan fingerprint density at radius 2 is 2.11 bits per heavy atom. The Balaban J connectivity index is 1.99. The van der Waals surface area contributed by atoms with Crippen molar-refractivity contribution in [1.82, 2.24) is 4.90 Å². The molecule has 28 heavy (non-hydrogen) atoms. The van der Waals surface area contributed by atoms with E-state index in [1.807, 2.05) is 0 Å². The molecule has 0 radical (unpaired) electrons. The summed E-state index contributed by atoms with van der Waals surface area (Å²) in [6.07, 6.45) is -4.99. The van der Waals surface area contributed by atoms with Crippen molar-refractivity contribution in [3.63, 3.8) is 0 Å². The summed E-state index contributed by atoms with van der Waals surface area (Å²) in [6.45, 7) is 1.52. The average molecular weight is 436 g/mol. The summed E-state index contributed by atoms with van der Waals surface area (Å²) in [6, 6.07) is 0.334. The van der Waals surface area contributed by atoms with Crippen LogP contribution < -0.4 is 4.74 Å². The van der Waals surface area contributed by atoms with Gasteiger partial charge in [-0.3, -0.25) is 14.4 Å². The minimum absolute atomic E-state index is 0.0347. The molecule has 1 atom stereocenters. The number of Topliss-reactive ketones (excluding diaryl/α,β-unsaturated/α-hetero) is 1. The molecule has 11 heteroatoms. The first-order valence-electron chi connectivity index (χ1n) is 8.02. The number of hydrogen-bond donors (Lipinski definition) is 1. The van der Waals surface area contributed by atoms with Gasteiger partial charge < -0.3 is 14.7 Å². The number of allylic oxidation sites excluding steroid dienone is 2. The normalized spacial score (nSPS) is 20.0. The number of carboxylic acid groups (broad SMARTS) is 1. The van der Waals surface area contributed by atoms with Crippen molar-refractivity contribution >= 4 is 40.6 Å². The lowest BCUT2D eigenvalue weighted by atomic mass is 9.89. The van der Waals surface area contributed by atoms with Crippen molar-refractivity contribution in [1.29, 1.82) is 0 Å². The summed E-state index contributed by atoms with van der Waals surface area (Å²) >= 11 is 6.74. The molecule has 1 aliphatic heterocycles. The molecule has 1 N–H and O–H groups in total. The lowest BCUT2D eigenvalue weighted by molar-refractivity contribution is -0.273. The molecule has 0 aromatic carbocycles. The second kappa shape index (κ2) is 7.25. The number of fused-ring (bicyclic) bond motifs is 1. The predicted octanol–water partition coefficient (Wildman–Crippen LogP) is 4.08. The number of ether oxygens (including phenoxy) is 1. The molecule has 150 valence electrons. The van der Waals surface area contributed by atoms with E-state index in [1.165, 1.54) is 17.2 Å². The second-order valence-corrected chi connectivity index (χ2v) is 7.47. The van der Waals surface area contributed by atoms with Gasteiger partial charge in [-0.1, -0.05) is 11.6 Å². The van der Waals surface area contributed by atoms with Crippen molar-refractivity contribution in [3.05, 3.63) is 38.9 Å². The van der Waals surface area contributed by atoms with E-state index in [0.29, 0.717) is 22.6 Å². The highest BCUT2D eigenvalue weighted by atomic mass is 35.5. The Morgan fingerprint density at radius 1 is 1.43 bits per heavy atom. The molecule has 0 bridgehead atoms. The van der Waals surface area contributed by atoms with Gasteiger partial charge >= 0.3 is 12.3 Å². The van der Waals surface area contributed by atoms with E-state index in [4.69, 9.17) is 11.6 Å². The summed E-state index contributed by atoms with van der Waals surface area (Å²) < 4.78 is 40.9. The fraction of sp³-hybridized carbons (Fsp3) is 0.353. The van der Waals surface area contributed by atoms with E-state index >= 15 is 0 Å². The molecule has 2 aliphatic rings. The molecule has 6 nitrogen and oxygen atoms in total. The lowest BCUT2D eigenvalue weighted by Crippen LogP contribution is -2.38. The van der Waals surface area contributed by atoms with Gasteiger partial charge in [0, 0.05) is 29.1 Å². The molecule has 0 saturated carbocycles. The van der Waals surface area contributed by atoms with E-state index in [9.17, 15) is 32.7 Å². The molecule has 2 heterocycles. The third kappa shape index (κ3) is 3.79. The average Bonchev–Trinajstić information content (AvgIpc) is 3.12. The van der Waals surface area contributed by atoms with E-state index in [-0.39, 0.29) is 34.8 Å². The van der Waals surface area contributed by atoms with Crippen LogP contribution in [0.15, 0.2) is 33.3 Å². The maximum Gasteiger partial charge on any atom is 0.573 e. The molecule has 1 unspecified atom stereocenters. The van der Waals surface area contributed by atoms with Crippen molar-refractivity contribution < 1.29 is 37.4 Å². The van der Waals surface area contributed by atoms with Crippen molar-refractivity contribution in [2.24, 2.45) is 0 Å². The topological polar surface area (TPSA) is 83.9 Å². The number of carbonyl (C=O) groups is 3. The zero-order valence-electron chi connectivity index (χ0n) is 14.3. The van der Waals surface area contributed by atoms with Gasteiger partial charge in [0.05, 0.1) is 23.1 Å². The number of carboxylic acids is 1. The summed E-state index contributed by atoms with van der Waals surface area (Å²) in [4.78, 5) is 37.5. The first-order valence-corrected chi connectivity index (χ1v) is 9.28. The maximum absolute atomic E-state index is 13.0. The number of alkyl halides is 3. The van der Waals surface area contributed by atoms with Crippen LogP contribution >= 0.6 is 22.9 Å². The van der Waals surface area contributed by atoms with Crippen LogP contribution in [0.2, 0.25) is 0 Å². The number of nitrogens with zero attached hydrogens (tertiary/aromatic N) is 1. The van der Waals surface area contributed by atoms with Gasteiger partial charge in [0.25, 0.3) is 5.91 Å². The smallest absolute Gasteiger partial charge is 0.481 e. The minimum atomic E-state index is -4.88. The van der Waals surface area contributed by atoms with Gasteiger partial charge in [-0.05, 0) is 18.9 Å². The maximum atomic E-state index is 13.0. The number of aliphatic carboxylic acids is 1. The number of rotatable bonds is 4. The highest BCUT2D eigenvalue weighted by Gasteiger charge is 2.43. The molecule has 3 rings (SSSR count). The Kier molecular flexibility index (Phi) is 5.28. The van der Waals surface area contributed by atoms with Gasteiger partial charge in [-0.2, -0.15) is 0 Å². The van der Waals surface area contributed by atoms with E-state index < -0.39 is 35.8 Å². The van der Waals surface area contributed by atoms with Gasteiger partial charge in [-0.25, -0.2) is 0 Å². The zero-order chi connectivity index (χ0) is 20.8. The highest BCUT2D eigenvalue weighted by Crippen LogP contribution is 2.44. The van der Waals surface area contributed by atoms with Crippen LogP contribution in [0.4, 0.5) is 13.2 Å². The third-order valence-corrected chi connectivity index (χ3v) is 5.70. The molecule has 1 aromatic heterocycles. The number of ketones is 1. The summed E-state index contributed by atoms with van der Waals surface area (Å²) in [5, 5.41) is 9.81. The number of amides is 1. The lowest BCUT2D eigenvalue weighted by Gasteiger charge is -2.29. The Morgan fingerprint density at radius 3 is 2.71 bits per heavy atom. The van der Waals surface area contributed by atoms with E-state index in [2.05, 4.69) is 4.74 Å². The second-order valence-electron chi connectivity index (χ2n) is 6.22. The Bertz CT molecular complexity index is 933. The molecular formula is C17H13ClF3NO5S. The standard InChI is InChI=1S/C17H13ClF3NO5S/c1-7-9(5-12(24)25)14-10(2-3-11(23)15(14)18)22(7)16(26)8-4-13(28-6-8)27-17(19,20)21/h4,6,10H,2-3,5H2,1H3,(H,24,25). The van der Waals surface area contributed by atoms with Crippen molar-refractivity contribution in [2.45, 2.75) is 38.6 Å². The van der Waals surface area contributed by atoms with Crippen LogP contribution in [0.5, 0.6) is 5.06 Å². The molecule has 0 fully saturated rings. The van der Waals surface area contributed by atoms with Crippen molar-refractivity contribution in [3.8, 4) is 5.06 Å². The number of halogens is 4. The van der Waals surface area contributed by atoms with Gasteiger partial charge in [0.1, 0.15) is 0 Å². The van der Waals surface area contributed by atoms with Gasteiger partial charge in [-0.15, -0.1) is 24.5 Å². The highest BCUT2D eigenvalue weighted by molar-refractivity contribution is 7.12. The first kappa shape index (κ1) is 20.4. The predicted molar refractivity (Wildman–Crippen MR) is 93.0 cm³/mol. The zero-order valence-corrected chi connectivity index (χ0v) is 15.9. The van der Waals surface area contributed by atoms with Crippen LogP contribution in [0.25, 0.3) is 0 Å². The Hall–Kier alpha value is -2.33. The minimum Gasteiger partial charge on any atom is -0.481 e. The molecule has 1 aromatic rings. The molecule has 1 aliphatic carbocycles. The van der Waals surface area contributed by atoms with Crippen LogP contribution in [0.3, 0.4) is 0 Å². The molecule has 0 saturated heterocycles. The molecular weight excluding hydrogens is 423 g/mol. The first-order chi connectivity index (χ1) is 13.0. The molecule has 0 spiro atoms. The summed E-state index contributed by atoms with van der Waals surface area (Å²) in [5.74, 6) is -2.12. The summed E-state index contributed by atoms with van der Waals surface area (Å²) in [7, 11) is 0. The van der Waals surface area contributed by atoms with Crippen LogP contribution in [-0.2, 0) is 9.59 Å². The third-order valence-electron chi connectivity index (χ3n) is 4.48.